The van der Waals surface area contributed by atoms with Gasteiger partial charge in [-0.1, -0.05) is 57.6 Å². The summed E-state index contributed by atoms with van der Waals surface area (Å²) in [6.45, 7) is 2.85. The normalized spacial score (nSPS) is 16.8. The molecule has 1 saturated carbocycles. The van der Waals surface area contributed by atoms with Crippen molar-refractivity contribution in [2.75, 3.05) is 18.5 Å². The minimum atomic E-state index is -0.659. The number of carbonyl (C=O) groups excluding carboxylic acids is 2. The summed E-state index contributed by atoms with van der Waals surface area (Å²) >= 11 is 0. The zero-order valence-corrected chi connectivity index (χ0v) is 17.8. The van der Waals surface area contributed by atoms with Crippen molar-refractivity contribution in [3.8, 4) is 0 Å². The lowest BCUT2D eigenvalue weighted by molar-refractivity contribution is -0.126. The Bertz CT molecular complexity index is 768. The number of amides is 1. The predicted molar refractivity (Wildman–Crippen MR) is 116 cm³/mol. The standard InChI is InChI=1S/C23H33N3O4/c1-2-3-13-29-16-18(15-27)24-22(28)20(14-17-9-5-4-6-10-17)26-23-25-19-11-7-8-12-21(19)30-23/h7-8,11-12,15,17-18,20H,2-6,9-10,13-14,16H2,1H3,(H,24,28)(H,25,26)/t18-,20+/m1/s1. The molecule has 2 atom stereocenters. The summed E-state index contributed by atoms with van der Waals surface area (Å²) in [5.74, 6) is 0.251. The van der Waals surface area contributed by atoms with Gasteiger partial charge in [-0.2, -0.15) is 4.98 Å². The van der Waals surface area contributed by atoms with Gasteiger partial charge < -0.3 is 24.6 Å². The van der Waals surface area contributed by atoms with Crippen LogP contribution in [0.3, 0.4) is 0 Å². The molecule has 1 fully saturated rings. The van der Waals surface area contributed by atoms with Crippen molar-refractivity contribution in [3.05, 3.63) is 24.3 Å². The Balaban J connectivity index is 1.65. The monoisotopic (exact) mass is 415 g/mol. The van der Waals surface area contributed by atoms with Crippen LogP contribution in [0.15, 0.2) is 28.7 Å². The number of rotatable bonds is 12. The van der Waals surface area contributed by atoms with Crippen molar-refractivity contribution >= 4 is 29.3 Å². The SMILES string of the molecule is CCCCOC[C@@H](C=O)NC(=O)[C@H](CC1CCCCC1)Nc1nc2ccccc2o1. The molecule has 30 heavy (non-hydrogen) atoms. The predicted octanol–water partition coefficient (Wildman–Crippen LogP) is 4.08. The fourth-order valence-electron chi connectivity index (χ4n) is 3.93. The van der Waals surface area contributed by atoms with Crippen molar-refractivity contribution < 1.29 is 18.7 Å². The van der Waals surface area contributed by atoms with Crippen LogP contribution >= 0.6 is 0 Å². The van der Waals surface area contributed by atoms with Gasteiger partial charge in [-0.25, -0.2) is 0 Å². The first-order chi connectivity index (χ1) is 14.7. The Morgan fingerprint density at radius 3 is 2.83 bits per heavy atom. The number of aromatic nitrogens is 1. The number of hydrogen-bond donors (Lipinski definition) is 2. The smallest absolute Gasteiger partial charge is 0.296 e. The molecule has 0 unspecified atom stereocenters. The number of fused-ring (bicyclic) bond motifs is 1. The minimum Gasteiger partial charge on any atom is -0.424 e. The number of unbranched alkanes of at least 4 members (excludes halogenated alkanes) is 1. The van der Waals surface area contributed by atoms with E-state index in [0.29, 0.717) is 30.5 Å². The second kappa shape index (κ2) is 11.7. The van der Waals surface area contributed by atoms with Gasteiger partial charge in [0, 0.05) is 6.61 Å². The van der Waals surface area contributed by atoms with Crippen LogP contribution in [0.2, 0.25) is 0 Å². The number of ether oxygens (including phenoxy) is 1. The average molecular weight is 416 g/mol. The lowest BCUT2D eigenvalue weighted by Crippen LogP contribution is -2.48. The number of nitrogens with zero attached hydrogens (tertiary/aromatic N) is 1. The first kappa shape index (κ1) is 22.3. The number of oxazole rings is 1. The summed E-state index contributed by atoms with van der Waals surface area (Å²) < 4.78 is 11.3. The van der Waals surface area contributed by atoms with E-state index in [1.54, 1.807) is 0 Å². The lowest BCUT2D eigenvalue weighted by Gasteiger charge is -2.27. The largest absolute Gasteiger partial charge is 0.424 e. The maximum atomic E-state index is 13.0. The molecule has 1 amide bonds. The molecule has 1 aromatic carbocycles. The summed E-state index contributed by atoms with van der Waals surface area (Å²) in [6, 6.07) is 6.66. The zero-order valence-electron chi connectivity index (χ0n) is 17.8. The van der Waals surface area contributed by atoms with Crippen LogP contribution in [-0.4, -0.2) is 42.5 Å². The highest BCUT2D eigenvalue weighted by Gasteiger charge is 2.27. The molecule has 2 aromatic rings. The van der Waals surface area contributed by atoms with E-state index in [1.165, 1.54) is 19.3 Å². The molecule has 0 aliphatic heterocycles. The summed E-state index contributed by atoms with van der Waals surface area (Å²) in [4.78, 5) is 28.9. The number of benzene rings is 1. The van der Waals surface area contributed by atoms with Gasteiger partial charge in [-0.15, -0.1) is 0 Å². The highest BCUT2D eigenvalue weighted by atomic mass is 16.5. The molecule has 7 nitrogen and oxygen atoms in total. The molecule has 1 aliphatic carbocycles. The third-order valence-corrected chi connectivity index (χ3v) is 5.63. The van der Waals surface area contributed by atoms with Crippen molar-refractivity contribution in [3.63, 3.8) is 0 Å². The number of hydrogen-bond acceptors (Lipinski definition) is 6. The van der Waals surface area contributed by atoms with E-state index in [0.717, 1.165) is 37.5 Å². The maximum absolute atomic E-state index is 13.0. The van der Waals surface area contributed by atoms with Crippen molar-refractivity contribution in [1.29, 1.82) is 0 Å². The topological polar surface area (TPSA) is 93.5 Å². The number of carbonyl (C=O) groups is 2. The van der Waals surface area contributed by atoms with E-state index in [1.807, 2.05) is 24.3 Å². The van der Waals surface area contributed by atoms with Crippen molar-refractivity contribution in [1.82, 2.24) is 10.3 Å². The molecule has 0 spiro atoms. The van der Waals surface area contributed by atoms with Crippen LogP contribution < -0.4 is 10.6 Å². The number of anilines is 1. The quantitative estimate of drug-likeness (QED) is 0.401. The van der Waals surface area contributed by atoms with E-state index in [2.05, 4.69) is 22.5 Å². The maximum Gasteiger partial charge on any atom is 0.296 e. The van der Waals surface area contributed by atoms with Gasteiger partial charge in [0.05, 0.1) is 6.61 Å². The Morgan fingerprint density at radius 2 is 2.10 bits per heavy atom. The van der Waals surface area contributed by atoms with Crippen molar-refractivity contribution in [2.24, 2.45) is 5.92 Å². The molecule has 164 valence electrons. The van der Waals surface area contributed by atoms with Gasteiger partial charge in [-0.05, 0) is 30.9 Å². The molecule has 3 rings (SSSR count). The van der Waals surface area contributed by atoms with Gasteiger partial charge in [0.25, 0.3) is 6.01 Å². The van der Waals surface area contributed by atoms with Crippen LogP contribution in [0.5, 0.6) is 0 Å². The molecule has 1 heterocycles. The molecule has 1 aromatic heterocycles. The Morgan fingerprint density at radius 1 is 1.30 bits per heavy atom. The lowest BCUT2D eigenvalue weighted by atomic mass is 9.84. The fourth-order valence-corrected chi connectivity index (χ4v) is 3.93. The summed E-state index contributed by atoms with van der Waals surface area (Å²) in [5.41, 5.74) is 1.42. The third-order valence-electron chi connectivity index (χ3n) is 5.63. The Hall–Kier alpha value is -2.41. The molecule has 7 heteroatoms. The van der Waals surface area contributed by atoms with Gasteiger partial charge in [0.1, 0.15) is 23.9 Å². The molecule has 0 bridgehead atoms. The first-order valence-corrected chi connectivity index (χ1v) is 11.1. The van der Waals surface area contributed by atoms with Crippen LogP contribution in [0, 0.1) is 5.92 Å². The van der Waals surface area contributed by atoms with E-state index < -0.39 is 12.1 Å². The van der Waals surface area contributed by atoms with Gasteiger partial charge in [0.2, 0.25) is 5.91 Å². The zero-order chi connectivity index (χ0) is 21.2. The van der Waals surface area contributed by atoms with E-state index >= 15 is 0 Å². The summed E-state index contributed by atoms with van der Waals surface area (Å²) in [6.07, 6.45) is 9.28. The van der Waals surface area contributed by atoms with E-state index in [4.69, 9.17) is 9.15 Å². The van der Waals surface area contributed by atoms with Gasteiger partial charge in [0.15, 0.2) is 5.58 Å². The highest BCUT2D eigenvalue weighted by Crippen LogP contribution is 2.28. The van der Waals surface area contributed by atoms with E-state index in [-0.39, 0.29) is 12.5 Å². The first-order valence-electron chi connectivity index (χ1n) is 11.1. The fraction of sp³-hybridized carbons (Fsp3) is 0.609. The summed E-state index contributed by atoms with van der Waals surface area (Å²) in [5, 5.41) is 6.00. The number of para-hydroxylation sites is 2. The second-order valence-electron chi connectivity index (χ2n) is 8.10. The Labute approximate surface area is 177 Å². The molecule has 2 N–H and O–H groups in total. The van der Waals surface area contributed by atoms with Gasteiger partial charge >= 0.3 is 0 Å². The number of nitrogens with one attached hydrogen (secondary N) is 2. The number of aldehydes is 1. The van der Waals surface area contributed by atoms with Crippen LogP contribution in [0.4, 0.5) is 6.01 Å². The molecule has 0 saturated heterocycles. The summed E-state index contributed by atoms with van der Waals surface area (Å²) in [7, 11) is 0. The molecular weight excluding hydrogens is 382 g/mol. The van der Waals surface area contributed by atoms with Crippen LogP contribution in [-0.2, 0) is 14.3 Å². The minimum absolute atomic E-state index is 0.189. The van der Waals surface area contributed by atoms with Crippen molar-refractivity contribution in [2.45, 2.75) is 70.4 Å². The van der Waals surface area contributed by atoms with Gasteiger partial charge in [-0.3, -0.25) is 4.79 Å². The third kappa shape index (κ3) is 6.55. The van der Waals surface area contributed by atoms with E-state index in [9.17, 15) is 9.59 Å². The Kier molecular flexibility index (Phi) is 8.68. The molecule has 1 aliphatic rings. The molecular formula is C23H33N3O4. The highest BCUT2D eigenvalue weighted by molar-refractivity contribution is 5.86. The van der Waals surface area contributed by atoms with Crippen LogP contribution in [0.25, 0.3) is 11.1 Å². The average Bonchev–Trinajstić information content (AvgIpc) is 3.18. The second-order valence-corrected chi connectivity index (χ2v) is 8.10. The molecule has 0 radical (unpaired) electrons. The van der Waals surface area contributed by atoms with Crippen LogP contribution in [0.1, 0.15) is 58.3 Å².